The van der Waals surface area contributed by atoms with Gasteiger partial charge in [0.15, 0.2) is 0 Å². The fourth-order valence-electron chi connectivity index (χ4n) is 2.99. The van der Waals surface area contributed by atoms with E-state index in [0.717, 1.165) is 34.3 Å². The molecule has 2 aromatic heterocycles. The van der Waals surface area contributed by atoms with Gasteiger partial charge in [-0.15, -0.1) is 0 Å². The Labute approximate surface area is 159 Å². The maximum absolute atomic E-state index is 12.7. The number of hydrogen-bond acceptors (Lipinski definition) is 4. The molecule has 3 aromatic rings. The third-order valence-electron chi connectivity index (χ3n) is 4.40. The molecular formula is C21H26N4O2. The van der Waals surface area contributed by atoms with Gasteiger partial charge >= 0.3 is 0 Å². The minimum Gasteiger partial charge on any atom is -0.394 e. The molecule has 0 aliphatic heterocycles. The molecule has 2 heterocycles. The van der Waals surface area contributed by atoms with Crippen LogP contribution in [0.4, 0.5) is 0 Å². The van der Waals surface area contributed by atoms with Gasteiger partial charge in [-0.3, -0.25) is 14.5 Å². The lowest BCUT2D eigenvalue weighted by Gasteiger charge is -2.13. The molecule has 1 atom stereocenters. The Morgan fingerprint density at radius 3 is 2.63 bits per heavy atom. The highest BCUT2D eigenvalue weighted by Crippen LogP contribution is 2.29. The number of amides is 1. The maximum Gasteiger partial charge on any atom is 0.251 e. The zero-order chi connectivity index (χ0) is 19.6. The Kier molecular flexibility index (Phi) is 5.56. The van der Waals surface area contributed by atoms with E-state index < -0.39 is 0 Å². The molecule has 0 fully saturated rings. The van der Waals surface area contributed by atoms with Crippen molar-refractivity contribution in [3.05, 3.63) is 47.8 Å². The summed E-state index contributed by atoms with van der Waals surface area (Å²) in [6, 6.07) is 7.37. The highest BCUT2D eigenvalue weighted by Gasteiger charge is 2.17. The zero-order valence-corrected chi connectivity index (χ0v) is 16.2. The smallest absolute Gasteiger partial charge is 0.251 e. The first-order chi connectivity index (χ1) is 12.9. The molecule has 0 radical (unpaired) electrons. The number of fused-ring (bicyclic) bond motifs is 1. The summed E-state index contributed by atoms with van der Waals surface area (Å²) in [5.41, 5.74) is 4.20. The van der Waals surface area contributed by atoms with Crippen LogP contribution in [0.5, 0.6) is 0 Å². The van der Waals surface area contributed by atoms with Crippen LogP contribution < -0.4 is 5.32 Å². The number of rotatable bonds is 6. The summed E-state index contributed by atoms with van der Waals surface area (Å²) in [5.74, 6) is 0.213. The van der Waals surface area contributed by atoms with Gasteiger partial charge < -0.3 is 10.4 Å². The molecule has 1 aromatic carbocycles. The second kappa shape index (κ2) is 7.88. The maximum atomic E-state index is 12.7. The van der Waals surface area contributed by atoms with Gasteiger partial charge in [-0.2, -0.15) is 5.10 Å². The van der Waals surface area contributed by atoms with Crippen LogP contribution in [0, 0.1) is 12.8 Å². The molecule has 6 nitrogen and oxygen atoms in total. The van der Waals surface area contributed by atoms with E-state index in [1.807, 2.05) is 48.3 Å². The van der Waals surface area contributed by atoms with Crippen molar-refractivity contribution >= 4 is 16.8 Å². The number of aliphatic hydroxyl groups is 1. The lowest BCUT2D eigenvalue weighted by Crippen LogP contribution is -2.35. The Balaban J connectivity index is 2.15. The first-order valence-electron chi connectivity index (χ1n) is 9.23. The average Bonchev–Trinajstić information content (AvgIpc) is 3.03. The fraction of sp³-hybridized carbons (Fsp3) is 0.381. The Morgan fingerprint density at radius 2 is 2.00 bits per heavy atom. The van der Waals surface area contributed by atoms with Crippen molar-refractivity contribution in [1.82, 2.24) is 20.1 Å². The normalized spacial score (nSPS) is 12.5. The summed E-state index contributed by atoms with van der Waals surface area (Å²) in [6.45, 7) is 8.69. The number of aryl methyl sites for hydroxylation is 1. The first kappa shape index (κ1) is 19.0. The standard InChI is InChI=1S/C21H26N4O2/c1-13(2)11-25-20-8-16(21(27)24-15(4)12-26)7-17(18(20)10-23-25)19-6-5-14(3)9-22-19/h5-10,13,15,26H,11-12H2,1-4H3,(H,24,27). The molecule has 1 amide bonds. The van der Waals surface area contributed by atoms with Crippen LogP contribution in [-0.4, -0.2) is 38.4 Å². The monoisotopic (exact) mass is 366 g/mol. The van der Waals surface area contributed by atoms with Crippen molar-refractivity contribution in [1.29, 1.82) is 0 Å². The summed E-state index contributed by atoms with van der Waals surface area (Å²) >= 11 is 0. The summed E-state index contributed by atoms with van der Waals surface area (Å²) in [6.07, 6.45) is 3.66. The van der Waals surface area contributed by atoms with Crippen LogP contribution in [-0.2, 0) is 6.54 Å². The van der Waals surface area contributed by atoms with Crippen LogP contribution in [0.2, 0.25) is 0 Å². The molecular weight excluding hydrogens is 340 g/mol. The number of nitrogens with one attached hydrogen (secondary N) is 1. The van der Waals surface area contributed by atoms with Gasteiger partial charge in [-0.25, -0.2) is 0 Å². The molecule has 0 saturated carbocycles. The Morgan fingerprint density at radius 1 is 1.22 bits per heavy atom. The topological polar surface area (TPSA) is 80.0 Å². The SMILES string of the molecule is Cc1ccc(-c2cc(C(=O)NC(C)CO)cc3c2cnn3CC(C)C)nc1. The number of pyridine rings is 1. The molecule has 0 aliphatic carbocycles. The van der Waals surface area contributed by atoms with Crippen LogP contribution in [0.15, 0.2) is 36.7 Å². The van der Waals surface area contributed by atoms with E-state index in [1.165, 1.54) is 0 Å². The van der Waals surface area contributed by atoms with E-state index in [1.54, 1.807) is 6.92 Å². The molecule has 1 unspecified atom stereocenters. The quantitative estimate of drug-likeness (QED) is 0.702. The van der Waals surface area contributed by atoms with Crippen molar-refractivity contribution in [3.8, 4) is 11.3 Å². The van der Waals surface area contributed by atoms with E-state index in [0.29, 0.717) is 11.5 Å². The lowest BCUT2D eigenvalue weighted by atomic mass is 10.0. The number of carbonyl (C=O) groups is 1. The van der Waals surface area contributed by atoms with Crippen molar-refractivity contribution in [2.75, 3.05) is 6.61 Å². The van der Waals surface area contributed by atoms with E-state index in [2.05, 4.69) is 29.2 Å². The van der Waals surface area contributed by atoms with Crippen molar-refractivity contribution < 1.29 is 9.90 Å². The van der Waals surface area contributed by atoms with Gasteiger partial charge in [-0.1, -0.05) is 19.9 Å². The van der Waals surface area contributed by atoms with Crippen LogP contribution in [0.1, 0.15) is 36.7 Å². The largest absolute Gasteiger partial charge is 0.394 e. The number of carbonyl (C=O) groups excluding carboxylic acids is 1. The van der Waals surface area contributed by atoms with E-state index in [9.17, 15) is 9.90 Å². The van der Waals surface area contributed by atoms with Crippen LogP contribution >= 0.6 is 0 Å². The van der Waals surface area contributed by atoms with E-state index >= 15 is 0 Å². The molecule has 0 bridgehead atoms. The predicted molar refractivity (Wildman–Crippen MR) is 107 cm³/mol. The predicted octanol–water partition coefficient (Wildman–Crippen LogP) is 3.17. The van der Waals surface area contributed by atoms with E-state index in [-0.39, 0.29) is 18.6 Å². The summed E-state index contributed by atoms with van der Waals surface area (Å²) < 4.78 is 1.93. The van der Waals surface area contributed by atoms with Crippen molar-refractivity contribution in [3.63, 3.8) is 0 Å². The molecule has 0 aliphatic rings. The van der Waals surface area contributed by atoms with Gasteiger partial charge in [0, 0.05) is 35.3 Å². The molecule has 3 rings (SSSR count). The van der Waals surface area contributed by atoms with Gasteiger partial charge in [0.05, 0.1) is 24.0 Å². The summed E-state index contributed by atoms with van der Waals surface area (Å²) in [5, 5.41) is 17.5. The Bertz CT molecular complexity index is 945. The van der Waals surface area contributed by atoms with Gasteiger partial charge in [0.2, 0.25) is 0 Å². The first-order valence-corrected chi connectivity index (χ1v) is 9.23. The molecule has 142 valence electrons. The number of aliphatic hydroxyl groups excluding tert-OH is 1. The molecule has 0 saturated heterocycles. The average molecular weight is 366 g/mol. The molecule has 0 spiro atoms. The molecule has 2 N–H and O–H groups in total. The fourth-order valence-corrected chi connectivity index (χ4v) is 2.99. The number of benzene rings is 1. The third-order valence-corrected chi connectivity index (χ3v) is 4.40. The summed E-state index contributed by atoms with van der Waals surface area (Å²) in [7, 11) is 0. The van der Waals surface area contributed by atoms with Gasteiger partial charge in [0.25, 0.3) is 5.91 Å². The number of nitrogens with zero attached hydrogens (tertiary/aromatic N) is 3. The number of aromatic nitrogens is 3. The summed E-state index contributed by atoms with van der Waals surface area (Å²) in [4.78, 5) is 17.2. The minimum absolute atomic E-state index is 0.106. The lowest BCUT2D eigenvalue weighted by molar-refractivity contribution is 0.0922. The third kappa shape index (κ3) is 4.17. The minimum atomic E-state index is -0.310. The molecule has 6 heteroatoms. The highest BCUT2D eigenvalue weighted by atomic mass is 16.3. The zero-order valence-electron chi connectivity index (χ0n) is 16.2. The van der Waals surface area contributed by atoms with Crippen LogP contribution in [0.3, 0.4) is 0 Å². The second-order valence-corrected chi connectivity index (χ2v) is 7.46. The number of hydrogen-bond donors (Lipinski definition) is 2. The molecule has 27 heavy (non-hydrogen) atoms. The van der Waals surface area contributed by atoms with Gasteiger partial charge in [-0.05, 0) is 43.5 Å². The highest BCUT2D eigenvalue weighted by molar-refractivity contribution is 6.03. The van der Waals surface area contributed by atoms with Crippen LogP contribution in [0.25, 0.3) is 22.2 Å². The van der Waals surface area contributed by atoms with Crippen molar-refractivity contribution in [2.45, 2.75) is 40.3 Å². The van der Waals surface area contributed by atoms with Crippen molar-refractivity contribution in [2.24, 2.45) is 5.92 Å². The van der Waals surface area contributed by atoms with E-state index in [4.69, 9.17) is 0 Å². The second-order valence-electron chi connectivity index (χ2n) is 7.46. The Hall–Kier alpha value is -2.73. The van der Waals surface area contributed by atoms with Gasteiger partial charge in [0.1, 0.15) is 0 Å².